The number of methoxy groups -OCH3 is 2. The van der Waals surface area contributed by atoms with Crippen LogP contribution in [0, 0.1) is 0 Å². The van der Waals surface area contributed by atoms with Crippen molar-refractivity contribution in [2.24, 2.45) is 0 Å². The normalized spacial score (nSPS) is 13.0. The molecule has 5 heteroatoms. The zero-order valence-electron chi connectivity index (χ0n) is 25.0. The molecule has 0 amide bonds. The minimum Gasteiger partial charge on any atom is -0.496 e. The van der Waals surface area contributed by atoms with Gasteiger partial charge in [0, 0.05) is 18.6 Å². The van der Waals surface area contributed by atoms with Crippen molar-refractivity contribution in [3.05, 3.63) is 120 Å². The number of benzene rings is 4. The Labute approximate surface area is 244 Å². The van der Waals surface area contributed by atoms with E-state index in [-0.39, 0.29) is 24.5 Å². The van der Waals surface area contributed by atoms with Crippen LogP contribution in [0.15, 0.2) is 103 Å². The number of carbonyl (C=O) groups excluding carboxylic acids is 1. The maximum absolute atomic E-state index is 13.3. The van der Waals surface area contributed by atoms with Gasteiger partial charge in [-0.15, -0.1) is 0 Å². The van der Waals surface area contributed by atoms with Gasteiger partial charge in [0.1, 0.15) is 17.1 Å². The summed E-state index contributed by atoms with van der Waals surface area (Å²) in [6, 6.07) is 34.8. The molecule has 0 aliphatic carbocycles. The average Bonchev–Trinajstić information content (AvgIpc) is 2.98. The van der Waals surface area contributed by atoms with Gasteiger partial charge in [0.25, 0.3) is 0 Å². The molecule has 41 heavy (non-hydrogen) atoms. The number of rotatable bonds is 11. The minimum absolute atomic E-state index is 0.0397. The summed E-state index contributed by atoms with van der Waals surface area (Å²) in [6.07, 6.45) is 0.221. The zero-order chi connectivity index (χ0) is 29.4. The highest BCUT2D eigenvalue weighted by Crippen LogP contribution is 2.40. The van der Waals surface area contributed by atoms with Crippen molar-refractivity contribution in [2.75, 3.05) is 14.2 Å². The highest BCUT2D eigenvalue weighted by atomic mass is 16.6. The Hall–Kier alpha value is -4.09. The van der Waals surface area contributed by atoms with Gasteiger partial charge in [-0.3, -0.25) is 9.69 Å². The van der Waals surface area contributed by atoms with Crippen LogP contribution in [0.2, 0.25) is 0 Å². The maximum atomic E-state index is 13.3. The molecule has 0 radical (unpaired) electrons. The van der Waals surface area contributed by atoms with Crippen LogP contribution in [0.4, 0.5) is 0 Å². The fraction of sp³-hybridized carbons (Fsp3) is 0.306. The second-order valence-electron chi connectivity index (χ2n) is 11.2. The van der Waals surface area contributed by atoms with Crippen molar-refractivity contribution < 1.29 is 19.0 Å². The zero-order valence-corrected chi connectivity index (χ0v) is 25.0. The molecule has 5 nitrogen and oxygen atoms in total. The fourth-order valence-corrected chi connectivity index (χ4v) is 5.21. The molecule has 0 bridgehead atoms. The van der Waals surface area contributed by atoms with E-state index in [0.717, 1.165) is 28.2 Å². The van der Waals surface area contributed by atoms with Crippen LogP contribution in [-0.4, -0.2) is 30.7 Å². The van der Waals surface area contributed by atoms with Crippen molar-refractivity contribution in [1.82, 2.24) is 4.90 Å². The predicted octanol–water partition coefficient (Wildman–Crippen LogP) is 8.41. The van der Waals surface area contributed by atoms with Crippen molar-refractivity contribution in [3.63, 3.8) is 0 Å². The molecule has 0 aromatic heterocycles. The molecule has 0 heterocycles. The summed E-state index contributed by atoms with van der Waals surface area (Å²) >= 11 is 0. The number of nitrogens with zero attached hydrogens (tertiary/aromatic N) is 1. The highest BCUT2D eigenvalue weighted by Gasteiger charge is 2.30. The summed E-state index contributed by atoms with van der Waals surface area (Å²) in [5, 5.41) is 0. The number of hydrogen-bond acceptors (Lipinski definition) is 5. The summed E-state index contributed by atoms with van der Waals surface area (Å²) in [5.74, 6) is 1.26. The lowest BCUT2D eigenvalue weighted by Crippen LogP contribution is -2.34. The highest BCUT2D eigenvalue weighted by molar-refractivity contribution is 5.77. The standard InChI is InChI=1S/C36H41NO4/c1-26(28-16-11-8-12-17-28)37(25-27-14-9-7-10-15-27)31(24-34(38)41-36(2,3)4)29-20-22-30(23-21-29)35-32(39-5)18-13-19-33(35)40-6/h7-23,26,31H,24-25H2,1-6H3/t26-,31+/m1/s1. The van der Waals surface area contributed by atoms with Crippen LogP contribution >= 0.6 is 0 Å². The third kappa shape index (κ3) is 7.77. The van der Waals surface area contributed by atoms with Crippen LogP contribution in [0.1, 0.15) is 62.9 Å². The first-order valence-electron chi connectivity index (χ1n) is 14.1. The van der Waals surface area contributed by atoms with Crippen LogP contribution in [0.5, 0.6) is 11.5 Å². The lowest BCUT2D eigenvalue weighted by atomic mass is 9.94. The molecular formula is C36H41NO4. The SMILES string of the molecule is COc1cccc(OC)c1-c1ccc([C@H](CC(=O)OC(C)(C)C)N(Cc2ccccc2)[C@H](C)c2ccccc2)cc1. The Kier molecular flexibility index (Phi) is 9.85. The van der Waals surface area contributed by atoms with E-state index in [2.05, 4.69) is 84.6 Å². The predicted molar refractivity (Wildman–Crippen MR) is 165 cm³/mol. The van der Waals surface area contributed by atoms with Crippen molar-refractivity contribution in [2.45, 2.75) is 58.3 Å². The van der Waals surface area contributed by atoms with E-state index < -0.39 is 5.60 Å². The monoisotopic (exact) mass is 551 g/mol. The molecule has 0 N–H and O–H groups in total. The van der Waals surface area contributed by atoms with Gasteiger partial charge in [-0.05, 0) is 62.1 Å². The number of esters is 1. The largest absolute Gasteiger partial charge is 0.496 e. The Morgan fingerprint density at radius 2 is 1.29 bits per heavy atom. The summed E-state index contributed by atoms with van der Waals surface area (Å²) in [5.41, 5.74) is 4.71. The topological polar surface area (TPSA) is 48.0 Å². The molecule has 0 spiro atoms. The first kappa shape index (κ1) is 29.9. The molecule has 0 aliphatic rings. The lowest BCUT2D eigenvalue weighted by molar-refractivity contribution is -0.156. The van der Waals surface area contributed by atoms with E-state index in [4.69, 9.17) is 14.2 Å². The van der Waals surface area contributed by atoms with Gasteiger partial charge in [-0.25, -0.2) is 0 Å². The average molecular weight is 552 g/mol. The summed E-state index contributed by atoms with van der Waals surface area (Å²) in [6.45, 7) is 8.60. The second-order valence-corrected chi connectivity index (χ2v) is 11.2. The van der Waals surface area contributed by atoms with Crippen LogP contribution < -0.4 is 9.47 Å². The molecule has 0 saturated carbocycles. The molecule has 0 fully saturated rings. The Morgan fingerprint density at radius 3 is 1.83 bits per heavy atom. The summed E-state index contributed by atoms with van der Waals surface area (Å²) in [4.78, 5) is 15.7. The van der Waals surface area contributed by atoms with Gasteiger partial charge in [0.15, 0.2) is 0 Å². The molecule has 4 rings (SSSR count). The number of hydrogen-bond donors (Lipinski definition) is 0. The number of ether oxygens (including phenoxy) is 3. The van der Waals surface area contributed by atoms with Gasteiger partial charge in [-0.1, -0.05) is 91.0 Å². The maximum Gasteiger partial charge on any atom is 0.308 e. The molecule has 4 aromatic rings. The molecule has 0 aliphatic heterocycles. The van der Waals surface area contributed by atoms with E-state index in [1.165, 1.54) is 11.1 Å². The molecule has 214 valence electrons. The smallest absolute Gasteiger partial charge is 0.308 e. The van der Waals surface area contributed by atoms with Gasteiger partial charge < -0.3 is 14.2 Å². The second kappa shape index (κ2) is 13.5. The van der Waals surface area contributed by atoms with Gasteiger partial charge in [0.2, 0.25) is 0 Å². The Morgan fingerprint density at radius 1 is 0.732 bits per heavy atom. The third-order valence-corrected chi connectivity index (χ3v) is 7.18. The molecule has 0 saturated heterocycles. The van der Waals surface area contributed by atoms with Crippen molar-refractivity contribution >= 4 is 5.97 Å². The summed E-state index contributed by atoms with van der Waals surface area (Å²) < 4.78 is 17.1. The van der Waals surface area contributed by atoms with Gasteiger partial charge in [0.05, 0.1) is 26.2 Å². The Balaban J connectivity index is 1.79. The summed E-state index contributed by atoms with van der Waals surface area (Å²) in [7, 11) is 3.33. The first-order valence-corrected chi connectivity index (χ1v) is 14.1. The fourth-order valence-electron chi connectivity index (χ4n) is 5.21. The lowest BCUT2D eigenvalue weighted by Gasteiger charge is -2.37. The van der Waals surface area contributed by atoms with Crippen molar-refractivity contribution in [1.29, 1.82) is 0 Å². The van der Waals surface area contributed by atoms with E-state index in [1.54, 1.807) is 14.2 Å². The van der Waals surface area contributed by atoms with E-state index in [9.17, 15) is 4.79 Å². The minimum atomic E-state index is -0.568. The molecule has 4 aromatic carbocycles. The van der Waals surface area contributed by atoms with E-state index >= 15 is 0 Å². The van der Waals surface area contributed by atoms with Crippen LogP contribution in [-0.2, 0) is 16.1 Å². The Bertz CT molecular complexity index is 1370. The molecule has 2 atom stereocenters. The molecule has 0 unspecified atom stereocenters. The van der Waals surface area contributed by atoms with E-state index in [1.807, 2.05) is 51.1 Å². The quantitative estimate of drug-likeness (QED) is 0.175. The van der Waals surface area contributed by atoms with Crippen LogP contribution in [0.3, 0.4) is 0 Å². The van der Waals surface area contributed by atoms with Crippen molar-refractivity contribution in [3.8, 4) is 22.6 Å². The number of carbonyl (C=O) groups is 1. The third-order valence-electron chi connectivity index (χ3n) is 7.18. The first-order chi connectivity index (χ1) is 19.7. The van der Waals surface area contributed by atoms with Gasteiger partial charge in [-0.2, -0.15) is 0 Å². The van der Waals surface area contributed by atoms with Gasteiger partial charge >= 0.3 is 5.97 Å². The van der Waals surface area contributed by atoms with E-state index in [0.29, 0.717) is 6.54 Å². The molecular weight excluding hydrogens is 510 g/mol. The van der Waals surface area contributed by atoms with Crippen LogP contribution in [0.25, 0.3) is 11.1 Å².